The summed E-state index contributed by atoms with van der Waals surface area (Å²) in [5.41, 5.74) is 0. The van der Waals surface area contributed by atoms with Crippen LogP contribution in [0.25, 0.3) is 0 Å². The van der Waals surface area contributed by atoms with E-state index in [0.717, 1.165) is 25.2 Å². The maximum atomic E-state index is 10.1. The molecule has 2 aliphatic rings. The molecule has 0 bridgehead atoms. The van der Waals surface area contributed by atoms with E-state index >= 15 is 0 Å². The number of hydrogen-bond donors (Lipinski definition) is 0. The average molecular weight is 140 g/mol. The number of carbonyl (C=O) groups is 1. The Morgan fingerprint density at radius 2 is 2.50 bits per heavy atom. The second kappa shape index (κ2) is 2.35. The molecule has 1 aliphatic heterocycles. The highest BCUT2D eigenvalue weighted by Crippen LogP contribution is 2.49. The lowest BCUT2D eigenvalue weighted by Crippen LogP contribution is -2.05. The third-order valence-electron chi connectivity index (χ3n) is 2.61. The highest BCUT2D eigenvalue weighted by molar-refractivity contribution is 5.51. The molecule has 0 aromatic heterocycles. The van der Waals surface area contributed by atoms with Crippen LogP contribution in [0.5, 0.6) is 0 Å². The van der Waals surface area contributed by atoms with Crippen molar-refractivity contribution >= 4 is 6.29 Å². The van der Waals surface area contributed by atoms with Gasteiger partial charge in [-0.2, -0.15) is 0 Å². The zero-order valence-electron chi connectivity index (χ0n) is 5.95. The van der Waals surface area contributed by atoms with E-state index in [1.807, 2.05) is 0 Å². The maximum absolute atomic E-state index is 10.1. The van der Waals surface area contributed by atoms with Crippen LogP contribution in [-0.2, 0) is 9.53 Å². The lowest BCUT2D eigenvalue weighted by Gasteiger charge is -2.07. The first-order chi connectivity index (χ1) is 4.93. The van der Waals surface area contributed by atoms with Crippen LogP contribution in [0.2, 0.25) is 0 Å². The predicted molar refractivity (Wildman–Crippen MR) is 36.6 cm³/mol. The third kappa shape index (κ3) is 0.870. The molecule has 56 valence electrons. The fourth-order valence-electron chi connectivity index (χ4n) is 1.99. The summed E-state index contributed by atoms with van der Waals surface area (Å²) < 4.78 is 5.46. The standard InChI is InChI=1S/C8H12O2/c9-4-3-7-6-2-1-5-10-8(6)7/h4,6-8H,1-3,5H2/t6-,7?,8-/m1/s1. The Labute approximate surface area is 60.6 Å². The van der Waals surface area contributed by atoms with Crippen LogP contribution in [0, 0.1) is 11.8 Å². The first-order valence-electron chi connectivity index (χ1n) is 3.98. The minimum atomic E-state index is 0.457. The second-order valence-corrected chi connectivity index (χ2v) is 3.21. The zero-order chi connectivity index (χ0) is 6.97. The van der Waals surface area contributed by atoms with E-state index in [2.05, 4.69) is 0 Å². The molecule has 2 nitrogen and oxygen atoms in total. The van der Waals surface area contributed by atoms with E-state index in [-0.39, 0.29) is 0 Å². The molecule has 10 heavy (non-hydrogen) atoms. The van der Waals surface area contributed by atoms with Gasteiger partial charge in [-0.15, -0.1) is 0 Å². The van der Waals surface area contributed by atoms with E-state index < -0.39 is 0 Å². The van der Waals surface area contributed by atoms with Crippen LogP contribution in [-0.4, -0.2) is 19.0 Å². The van der Waals surface area contributed by atoms with E-state index in [9.17, 15) is 4.79 Å². The van der Waals surface area contributed by atoms with Gasteiger partial charge in [0.2, 0.25) is 0 Å². The predicted octanol–water partition coefficient (Wildman–Crippen LogP) is 1.00. The van der Waals surface area contributed by atoms with Crippen LogP contribution in [0.4, 0.5) is 0 Å². The Morgan fingerprint density at radius 1 is 1.60 bits per heavy atom. The molecule has 2 fully saturated rings. The van der Waals surface area contributed by atoms with E-state index in [0.29, 0.717) is 12.0 Å². The first kappa shape index (κ1) is 6.35. The van der Waals surface area contributed by atoms with Crippen LogP contribution < -0.4 is 0 Å². The van der Waals surface area contributed by atoms with Crippen molar-refractivity contribution in [2.24, 2.45) is 11.8 Å². The van der Waals surface area contributed by atoms with Crippen molar-refractivity contribution in [3.05, 3.63) is 0 Å². The summed E-state index contributed by atoms with van der Waals surface area (Å²) in [6.45, 7) is 0.913. The summed E-state index contributed by atoms with van der Waals surface area (Å²) in [6.07, 6.45) is 4.67. The molecule has 2 rings (SSSR count). The Bertz CT molecular complexity index is 132. The number of hydrogen-bond acceptors (Lipinski definition) is 2. The minimum Gasteiger partial charge on any atom is -0.378 e. The SMILES string of the molecule is O=CCC1[C@H]2CCCO[C@@H]12. The molecular formula is C8H12O2. The van der Waals surface area contributed by atoms with Crippen molar-refractivity contribution in [2.75, 3.05) is 6.61 Å². The summed E-state index contributed by atoms with van der Waals surface area (Å²) in [5.74, 6) is 1.32. The third-order valence-corrected chi connectivity index (χ3v) is 2.61. The quantitative estimate of drug-likeness (QED) is 0.535. The van der Waals surface area contributed by atoms with Crippen molar-refractivity contribution in [1.29, 1.82) is 0 Å². The molecule has 3 atom stereocenters. The van der Waals surface area contributed by atoms with Crippen molar-refractivity contribution in [3.8, 4) is 0 Å². The fraction of sp³-hybridized carbons (Fsp3) is 0.875. The summed E-state index contributed by atoms with van der Waals surface area (Å²) in [6, 6.07) is 0. The molecule has 2 heteroatoms. The molecule has 0 N–H and O–H groups in total. The van der Waals surface area contributed by atoms with Gasteiger partial charge in [-0.25, -0.2) is 0 Å². The molecule has 1 saturated carbocycles. The molecule has 0 amide bonds. The van der Waals surface area contributed by atoms with E-state index in [4.69, 9.17) is 4.74 Å². The van der Waals surface area contributed by atoms with Crippen LogP contribution in [0.3, 0.4) is 0 Å². The highest BCUT2D eigenvalue weighted by Gasteiger charge is 2.51. The van der Waals surface area contributed by atoms with Crippen molar-refractivity contribution in [3.63, 3.8) is 0 Å². The number of rotatable bonds is 2. The smallest absolute Gasteiger partial charge is 0.120 e. The number of carbonyl (C=O) groups excluding carboxylic acids is 1. The summed E-state index contributed by atoms with van der Waals surface area (Å²) in [7, 11) is 0. The highest BCUT2D eigenvalue weighted by atomic mass is 16.5. The van der Waals surface area contributed by atoms with Crippen molar-refractivity contribution < 1.29 is 9.53 Å². The molecule has 0 aromatic rings. The molecule has 0 radical (unpaired) electrons. The van der Waals surface area contributed by atoms with Gasteiger partial charge in [0.25, 0.3) is 0 Å². The minimum absolute atomic E-state index is 0.457. The van der Waals surface area contributed by atoms with Gasteiger partial charge in [0.15, 0.2) is 0 Å². The first-order valence-corrected chi connectivity index (χ1v) is 3.98. The van der Waals surface area contributed by atoms with Gasteiger partial charge in [-0.1, -0.05) is 0 Å². The Morgan fingerprint density at radius 3 is 3.10 bits per heavy atom. The molecule has 1 saturated heterocycles. The number of fused-ring (bicyclic) bond motifs is 1. The zero-order valence-corrected chi connectivity index (χ0v) is 5.95. The molecule has 1 unspecified atom stereocenters. The lowest BCUT2D eigenvalue weighted by molar-refractivity contribution is -0.108. The van der Waals surface area contributed by atoms with Gasteiger partial charge in [0, 0.05) is 13.0 Å². The van der Waals surface area contributed by atoms with E-state index in [1.165, 1.54) is 12.8 Å². The molecule has 1 heterocycles. The van der Waals surface area contributed by atoms with Gasteiger partial charge in [0.1, 0.15) is 6.29 Å². The molecular weight excluding hydrogens is 128 g/mol. The number of ether oxygens (including phenoxy) is 1. The molecule has 1 aliphatic carbocycles. The van der Waals surface area contributed by atoms with Crippen LogP contribution in [0.1, 0.15) is 19.3 Å². The van der Waals surface area contributed by atoms with Gasteiger partial charge >= 0.3 is 0 Å². The largest absolute Gasteiger partial charge is 0.378 e. The fourth-order valence-corrected chi connectivity index (χ4v) is 1.99. The summed E-state index contributed by atoms with van der Waals surface area (Å²) >= 11 is 0. The van der Waals surface area contributed by atoms with Gasteiger partial charge in [0.05, 0.1) is 6.10 Å². The van der Waals surface area contributed by atoms with Gasteiger partial charge in [-0.05, 0) is 24.7 Å². The normalized spacial score (nSPS) is 44.2. The lowest BCUT2D eigenvalue weighted by atomic mass is 10.1. The maximum Gasteiger partial charge on any atom is 0.120 e. The summed E-state index contributed by atoms with van der Waals surface area (Å²) in [5, 5.41) is 0. The Hall–Kier alpha value is -0.370. The topological polar surface area (TPSA) is 26.3 Å². The van der Waals surface area contributed by atoms with Crippen LogP contribution in [0.15, 0.2) is 0 Å². The summed E-state index contributed by atoms with van der Waals surface area (Å²) in [4.78, 5) is 10.1. The van der Waals surface area contributed by atoms with Gasteiger partial charge < -0.3 is 9.53 Å². The monoisotopic (exact) mass is 140 g/mol. The Kier molecular flexibility index (Phi) is 1.49. The van der Waals surface area contributed by atoms with Crippen molar-refractivity contribution in [2.45, 2.75) is 25.4 Å². The van der Waals surface area contributed by atoms with Crippen molar-refractivity contribution in [1.82, 2.24) is 0 Å². The molecule has 0 spiro atoms. The van der Waals surface area contributed by atoms with Crippen LogP contribution >= 0.6 is 0 Å². The number of aldehydes is 1. The molecule has 0 aromatic carbocycles. The van der Waals surface area contributed by atoms with E-state index in [1.54, 1.807) is 0 Å². The van der Waals surface area contributed by atoms with Gasteiger partial charge in [-0.3, -0.25) is 0 Å². The Balaban J connectivity index is 1.87. The second-order valence-electron chi connectivity index (χ2n) is 3.21. The average Bonchev–Trinajstić information content (AvgIpc) is 2.66.